The highest BCUT2D eigenvalue weighted by Gasteiger charge is 2.70. The minimum atomic E-state index is -0.368. The van der Waals surface area contributed by atoms with Crippen molar-refractivity contribution in [3.8, 4) is 103 Å². The normalized spacial score (nSPS) is 16.2. The average Bonchev–Trinajstić information content (AvgIpc) is 3.76. The number of hydrogen-bond acceptors (Lipinski definition) is 8. The summed E-state index contributed by atoms with van der Waals surface area (Å²) in [6.45, 7) is 0. The summed E-state index contributed by atoms with van der Waals surface area (Å²) >= 11 is 0. The summed E-state index contributed by atoms with van der Waals surface area (Å²) in [6, 6.07) is 78.8. The second-order valence-corrected chi connectivity index (χ2v) is 18.7. The van der Waals surface area contributed by atoms with Crippen molar-refractivity contribution in [3.63, 3.8) is 0 Å². The molecule has 1 spiro atoms. The van der Waals surface area contributed by atoms with Crippen LogP contribution >= 0.6 is 0 Å². The molecule has 0 fully saturated rings. The summed E-state index contributed by atoms with van der Waals surface area (Å²) in [5.41, 5.74) is 16.7. The first-order valence-electron chi connectivity index (χ1n) is 24.3. The lowest BCUT2D eigenvalue weighted by atomic mass is 9.42. The summed E-state index contributed by atoms with van der Waals surface area (Å²) in [4.78, 5) is 29.5. The summed E-state index contributed by atoms with van der Waals surface area (Å²) in [5.74, 6) is 3.41. The van der Waals surface area contributed by atoms with Gasteiger partial charge in [0.1, 0.15) is 12.1 Å². The molecular formula is C65H38N8. The Balaban J connectivity index is 0.838. The van der Waals surface area contributed by atoms with Crippen LogP contribution in [0.15, 0.2) is 218 Å². The first-order valence-corrected chi connectivity index (χ1v) is 24.3. The Morgan fingerprint density at radius 3 is 1.03 bits per heavy atom. The maximum atomic E-state index is 11.2. The van der Waals surface area contributed by atoms with Gasteiger partial charge in [-0.3, -0.25) is 0 Å². The van der Waals surface area contributed by atoms with E-state index in [0.717, 1.165) is 72.3 Å². The van der Waals surface area contributed by atoms with Gasteiger partial charge in [-0.05, 0) is 55.6 Å². The van der Waals surface area contributed by atoms with Gasteiger partial charge in [0.2, 0.25) is 0 Å². The van der Waals surface area contributed by atoms with Crippen LogP contribution in [0.2, 0.25) is 0 Å². The summed E-state index contributed by atoms with van der Waals surface area (Å²) in [6.07, 6.45) is 0. The number of nitrogens with zero attached hydrogens (tertiary/aromatic N) is 8. The summed E-state index contributed by atoms with van der Waals surface area (Å²) in [5, 5.41) is 22.4. The fourth-order valence-corrected chi connectivity index (χ4v) is 11.8. The molecule has 0 radical (unpaired) electrons. The zero-order valence-electron chi connectivity index (χ0n) is 39.0. The molecule has 3 aliphatic carbocycles. The molecule has 3 unspecified atom stereocenters. The average molecular weight is 931 g/mol. The van der Waals surface area contributed by atoms with Crippen LogP contribution in [-0.2, 0) is 5.41 Å². The van der Waals surface area contributed by atoms with Crippen LogP contribution in [0, 0.1) is 22.7 Å². The highest BCUT2D eigenvalue weighted by atomic mass is 15.0. The zero-order valence-corrected chi connectivity index (χ0v) is 39.0. The molecule has 11 aromatic rings. The molecule has 0 N–H and O–H groups in total. The monoisotopic (exact) mass is 930 g/mol. The Morgan fingerprint density at radius 1 is 0.288 bits per heavy atom. The largest absolute Gasteiger partial charge is 0.208 e. The van der Waals surface area contributed by atoms with Crippen LogP contribution in [0.25, 0.3) is 90.6 Å². The lowest BCUT2D eigenvalue weighted by Crippen LogP contribution is -2.53. The standard InChI is InChI=1S/C65H38N8/c66-37-51-47(39-25-29-45(30-26-39)63-70-59(41-15-5-1-6-16-41)68-60(71-63)42-17-7-2-8-18-42)33-34-50-55(51)57-49-23-13-14-24-53(49)65(57)54-36-35-48(52(38-67)56(54)58(50)65)40-27-31-46(32-28-40)64-72-61(43-19-9-3-10-20-43)69-62(73-64)44-21-11-4-12-22-44/h1-36,57-58H. The van der Waals surface area contributed by atoms with Crippen LogP contribution < -0.4 is 0 Å². The zero-order chi connectivity index (χ0) is 48.6. The lowest BCUT2D eigenvalue weighted by molar-refractivity contribution is 0.332. The Hall–Kier alpha value is -10.0. The van der Waals surface area contributed by atoms with E-state index in [-0.39, 0.29) is 17.3 Å². The van der Waals surface area contributed by atoms with E-state index in [4.69, 9.17) is 29.9 Å². The topological polar surface area (TPSA) is 125 Å². The number of rotatable bonds is 8. The van der Waals surface area contributed by atoms with Crippen LogP contribution in [0.1, 0.15) is 56.3 Å². The summed E-state index contributed by atoms with van der Waals surface area (Å²) < 4.78 is 0. The molecule has 14 rings (SSSR count). The fraction of sp³-hybridized carbons (Fsp3) is 0.0462. The molecule has 0 saturated heterocycles. The third-order valence-corrected chi connectivity index (χ3v) is 15.0. The molecule has 338 valence electrons. The van der Waals surface area contributed by atoms with Gasteiger partial charge < -0.3 is 0 Å². The van der Waals surface area contributed by atoms with E-state index in [2.05, 4.69) is 84.9 Å². The van der Waals surface area contributed by atoms with Crippen molar-refractivity contribution in [1.29, 1.82) is 10.5 Å². The molecule has 0 bridgehead atoms. The van der Waals surface area contributed by atoms with Crippen molar-refractivity contribution >= 4 is 0 Å². The van der Waals surface area contributed by atoms with E-state index < -0.39 is 0 Å². The van der Waals surface area contributed by atoms with Crippen molar-refractivity contribution in [2.45, 2.75) is 17.3 Å². The molecule has 0 aliphatic heterocycles. The number of nitriles is 2. The van der Waals surface area contributed by atoms with Gasteiger partial charge in [-0.1, -0.05) is 218 Å². The molecular weight excluding hydrogens is 893 g/mol. The number of benzene rings is 9. The number of fused-ring (bicyclic) bond motifs is 7. The quantitative estimate of drug-likeness (QED) is 0.147. The number of hydrogen-bond donors (Lipinski definition) is 0. The van der Waals surface area contributed by atoms with Gasteiger partial charge >= 0.3 is 0 Å². The predicted molar refractivity (Wildman–Crippen MR) is 283 cm³/mol. The van der Waals surface area contributed by atoms with Gasteiger partial charge in [0.25, 0.3) is 0 Å². The van der Waals surface area contributed by atoms with Crippen molar-refractivity contribution in [1.82, 2.24) is 29.9 Å². The molecule has 8 heteroatoms. The molecule has 8 nitrogen and oxygen atoms in total. The molecule has 3 atom stereocenters. The Kier molecular flexibility index (Phi) is 9.51. The molecule has 9 aromatic carbocycles. The first kappa shape index (κ1) is 41.9. The third kappa shape index (κ3) is 6.38. The highest BCUT2D eigenvalue weighted by Crippen LogP contribution is 2.78. The molecule has 73 heavy (non-hydrogen) atoms. The van der Waals surface area contributed by atoms with Gasteiger partial charge in [-0.2, -0.15) is 10.5 Å². The van der Waals surface area contributed by atoms with Gasteiger partial charge in [0.15, 0.2) is 34.9 Å². The van der Waals surface area contributed by atoms with E-state index >= 15 is 0 Å². The van der Waals surface area contributed by atoms with E-state index in [1.807, 2.05) is 146 Å². The van der Waals surface area contributed by atoms with E-state index in [1.54, 1.807) is 0 Å². The fourth-order valence-electron chi connectivity index (χ4n) is 11.8. The van der Waals surface area contributed by atoms with Gasteiger partial charge in [-0.15, -0.1) is 0 Å². The van der Waals surface area contributed by atoms with E-state index in [0.29, 0.717) is 46.1 Å². The van der Waals surface area contributed by atoms with Crippen molar-refractivity contribution < 1.29 is 0 Å². The van der Waals surface area contributed by atoms with Gasteiger partial charge in [0.05, 0.1) is 11.1 Å². The summed E-state index contributed by atoms with van der Waals surface area (Å²) in [7, 11) is 0. The lowest BCUT2D eigenvalue weighted by Gasteiger charge is -2.59. The van der Waals surface area contributed by atoms with Crippen molar-refractivity contribution in [3.05, 3.63) is 263 Å². The molecule has 0 amide bonds. The SMILES string of the molecule is N#Cc1c(-c2ccc(-c3nc(-c4ccccc4)nc(-c4ccccc4)n3)cc2)ccc2c1C1c3ccccc3C13c1ccc(-c4ccc(-c5nc(-c6ccccc6)nc(-c6ccccc6)n5)cc4)c(C#N)c1C23. The maximum Gasteiger partial charge on any atom is 0.164 e. The van der Waals surface area contributed by atoms with Crippen molar-refractivity contribution in [2.75, 3.05) is 0 Å². The van der Waals surface area contributed by atoms with Crippen LogP contribution in [0.4, 0.5) is 0 Å². The van der Waals surface area contributed by atoms with Crippen LogP contribution in [0.3, 0.4) is 0 Å². The Labute approximate surface area is 421 Å². The minimum absolute atomic E-state index is 0.0262. The molecule has 2 heterocycles. The molecule has 3 aliphatic rings. The molecule has 2 aromatic heterocycles. The van der Waals surface area contributed by atoms with E-state index in [1.165, 1.54) is 16.7 Å². The second-order valence-electron chi connectivity index (χ2n) is 18.7. The van der Waals surface area contributed by atoms with E-state index in [9.17, 15) is 10.5 Å². The second kappa shape index (κ2) is 16.6. The Morgan fingerprint density at radius 2 is 0.616 bits per heavy atom. The molecule has 0 saturated carbocycles. The van der Waals surface area contributed by atoms with Crippen LogP contribution in [-0.4, -0.2) is 29.9 Å². The smallest absolute Gasteiger partial charge is 0.164 e. The highest BCUT2D eigenvalue weighted by molar-refractivity contribution is 5.89. The number of aromatic nitrogens is 6. The third-order valence-electron chi connectivity index (χ3n) is 15.0. The van der Waals surface area contributed by atoms with Gasteiger partial charge in [-0.25, -0.2) is 29.9 Å². The minimum Gasteiger partial charge on any atom is -0.208 e. The van der Waals surface area contributed by atoms with Crippen molar-refractivity contribution in [2.24, 2.45) is 0 Å². The Bertz CT molecular complexity index is 3980. The maximum absolute atomic E-state index is 11.2. The first-order chi connectivity index (χ1) is 36.1. The van der Waals surface area contributed by atoms with Crippen LogP contribution in [0.5, 0.6) is 0 Å². The van der Waals surface area contributed by atoms with Gasteiger partial charge in [0, 0.05) is 50.6 Å². The predicted octanol–water partition coefficient (Wildman–Crippen LogP) is 14.0.